The van der Waals surface area contributed by atoms with Crippen LogP contribution in [0.2, 0.25) is 0 Å². The lowest BCUT2D eigenvalue weighted by Crippen LogP contribution is -2.38. The van der Waals surface area contributed by atoms with Crippen LogP contribution in [0.3, 0.4) is 0 Å². The van der Waals surface area contributed by atoms with Gasteiger partial charge in [-0.15, -0.1) is 0 Å². The molecule has 0 saturated heterocycles. The maximum atomic E-state index is 12.1. The minimum Gasteiger partial charge on any atom is -0.312 e. The molecule has 106 valence electrons. The quantitative estimate of drug-likeness (QED) is 0.819. The van der Waals surface area contributed by atoms with Gasteiger partial charge in [0.1, 0.15) is 0 Å². The number of pyridine rings is 1. The highest BCUT2D eigenvalue weighted by Crippen LogP contribution is 2.20. The number of aromatic nitrogens is 1. The van der Waals surface area contributed by atoms with Crippen LogP contribution in [0.1, 0.15) is 50.8 Å². The minimum atomic E-state index is 0.167. The first-order valence-corrected chi connectivity index (χ1v) is 7.71. The first kappa shape index (κ1) is 14.3. The van der Waals surface area contributed by atoms with Gasteiger partial charge in [0.2, 0.25) is 0 Å². The molecular weight excluding hydrogens is 236 g/mol. The monoisotopic (exact) mass is 262 g/mol. The number of rotatable bonds is 7. The van der Waals surface area contributed by atoms with Crippen LogP contribution in [0.4, 0.5) is 0 Å². The highest BCUT2D eigenvalue weighted by molar-refractivity contribution is 5.25. The maximum Gasteiger partial charge on any atom is 0.250 e. The summed E-state index contributed by atoms with van der Waals surface area (Å²) in [7, 11) is 0. The Bertz CT molecular complexity index is 464. The van der Waals surface area contributed by atoms with E-state index in [-0.39, 0.29) is 5.56 Å². The zero-order valence-electron chi connectivity index (χ0n) is 12.2. The predicted octanol–water partition coefficient (Wildman–Crippen LogP) is 2.51. The van der Waals surface area contributed by atoms with E-state index in [0.717, 1.165) is 45.2 Å². The molecule has 0 aliphatic heterocycles. The summed E-state index contributed by atoms with van der Waals surface area (Å²) in [5.41, 5.74) is 2.83. The number of hydrogen-bond acceptors (Lipinski definition) is 2. The molecule has 3 nitrogen and oxygen atoms in total. The van der Waals surface area contributed by atoms with Crippen molar-refractivity contribution in [3.05, 3.63) is 33.7 Å². The molecular formula is C16H26N2O. The van der Waals surface area contributed by atoms with Crippen molar-refractivity contribution in [2.75, 3.05) is 6.54 Å². The summed E-state index contributed by atoms with van der Waals surface area (Å²) in [4.78, 5) is 12.1. The van der Waals surface area contributed by atoms with Crippen molar-refractivity contribution >= 4 is 0 Å². The Morgan fingerprint density at radius 3 is 2.84 bits per heavy atom. The van der Waals surface area contributed by atoms with Crippen LogP contribution in [0.15, 0.2) is 16.9 Å². The molecule has 1 aliphatic rings. The van der Waals surface area contributed by atoms with Gasteiger partial charge in [0, 0.05) is 24.3 Å². The summed E-state index contributed by atoms with van der Waals surface area (Å²) in [6.07, 6.45) is 6.83. The van der Waals surface area contributed by atoms with E-state index in [9.17, 15) is 4.79 Å². The average molecular weight is 262 g/mol. The van der Waals surface area contributed by atoms with Gasteiger partial charge in [-0.2, -0.15) is 0 Å². The molecule has 0 radical (unpaired) electrons. The Balaban J connectivity index is 2.16. The fourth-order valence-corrected chi connectivity index (χ4v) is 3.01. The van der Waals surface area contributed by atoms with Crippen molar-refractivity contribution in [1.29, 1.82) is 0 Å². The van der Waals surface area contributed by atoms with Gasteiger partial charge in [-0.1, -0.05) is 26.3 Å². The molecule has 19 heavy (non-hydrogen) atoms. The number of fused-ring (bicyclic) bond motifs is 1. The van der Waals surface area contributed by atoms with Crippen molar-refractivity contribution in [3.8, 4) is 0 Å². The van der Waals surface area contributed by atoms with Gasteiger partial charge in [0.05, 0.1) is 0 Å². The number of nitrogens with zero attached hydrogens (tertiary/aromatic N) is 1. The lowest BCUT2D eigenvalue weighted by Gasteiger charge is -2.21. The Hall–Kier alpha value is -1.09. The van der Waals surface area contributed by atoms with Crippen LogP contribution < -0.4 is 10.9 Å². The number of hydrogen-bond donors (Lipinski definition) is 1. The fourth-order valence-electron chi connectivity index (χ4n) is 3.01. The molecule has 0 bridgehead atoms. The molecule has 0 aromatic carbocycles. The SMILES string of the molecule is CCCNC(CCC)Cn1c2c(ccc1=O)CCC2. The summed E-state index contributed by atoms with van der Waals surface area (Å²) in [5.74, 6) is 0. The summed E-state index contributed by atoms with van der Waals surface area (Å²) < 4.78 is 2.02. The van der Waals surface area contributed by atoms with E-state index in [4.69, 9.17) is 0 Å². The second kappa shape index (κ2) is 6.90. The minimum absolute atomic E-state index is 0.167. The van der Waals surface area contributed by atoms with E-state index < -0.39 is 0 Å². The van der Waals surface area contributed by atoms with E-state index in [1.54, 1.807) is 6.07 Å². The van der Waals surface area contributed by atoms with Crippen molar-refractivity contribution in [3.63, 3.8) is 0 Å². The van der Waals surface area contributed by atoms with E-state index in [0.29, 0.717) is 6.04 Å². The third kappa shape index (κ3) is 3.47. The Morgan fingerprint density at radius 1 is 1.26 bits per heavy atom. The molecule has 1 aromatic heterocycles. The third-order valence-electron chi connectivity index (χ3n) is 3.97. The molecule has 1 unspecified atom stereocenters. The average Bonchev–Trinajstić information content (AvgIpc) is 2.87. The highest BCUT2D eigenvalue weighted by Gasteiger charge is 2.17. The molecule has 0 fully saturated rings. The maximum absolute atomic E-state index is 12.1. The van der Waals surface area contributed by atoms with E-state index in [1.807, 2.05) is 10.6 Å². The lowest BCUT2D eigenvalue weighted by atomic mass is 10.1. The van der Waals surface area contributed by atoms with Gasteiger partial charge in [-0.3, -0.25) is 4.79 Å². The number of aryl methyl sites for hydroxylation is 1. The number of nitrogens with one attached hydrogen (secondary N) is 1. The normalized spacial score (nSPS) is 15.5. The summed E-state index contributed by atoms with van der Waals surface area (Å²) in [5, 5.41) is 3.58. The standard InChI is InChI=1S/C16H26N2O/c1-3-6-14(17-11-4-2)12-18-15-8-5-7-13(15)9-10-16(18)19/h9-10,14,17H,3-8,11-12H2,1-2H3. The van der Waals surface area contributed by atoms with Gasteiger partial charge in [-0.05, 0) is 44.2 Å². The van der Waals surface area contributed by atoms with Gasteiger partial charge in [0.25, 0.3) is 5.56 Å². The smallest absolute Gasteiger partial charge is 0.250 e. The summed E-state index contributed by atoms with van der Waals surface area (Å²) >= 11 is 0. The molecule has 0 amide bonds. The molecule has 1 aliphatic carbocycles. The largest absolute Gasteiger partial charge is 0.312 e. The second-order valence-corrected chi connectivity index (χ2v) is 5.55. The Morgan fingerprint density at radius 2 is 2.11 bits per heavy atom. The molecule has 1 aromatic rings. The van der Waals surface area contributed by atoms with E-state index in [1.165, 1.54) is 17.7 Å². The van der Waals surface area contributed by atoms with Crippen LogP contribution in [0, 0.1) is 0 Å². The van der Waals surface area contributed by atoms with E-state index in [2.05, 4.69) is 19.2 Å². The van der Waals surface area contributed by atoms with Gasteiger partial charge in [0.15, 0.2) is 0 Å². The molecule has 0 saturated carbocycles. The van der Waals surface area contributed by atoms with Gasteiger partial charge < -0.3 is 9.88 Å². The van der Waals surface area contributed by atoms with Gasteiger partial charge >= 0.3 is 0 Å². The lowest BCUT2D eigenvalue weighted by molar-refractivity contribution is 0.409. The van der Waals surface area contributed by atoms with Crippen LogP contribution in [-0.4, -0.2) is 17.2 Å². The van der Waals surface area contributed by atoms with Crippen molar-refractivity contribution in [2.45, 2.75) is 65.0 Å². The molecule has 1 heterocycles. The van der Waals surface area contributed by atoms with E-state index >= 15 is 0 Å². The highest BCUT2D eigenvalue weighted by atomic mass is 16.1. The Kier molecular flexibility index (Phi) is 5.20. The fraction of sp³-hybridized carbons (Fsp3) is 0.688. The first-order chi connectivity index (χ1) is 9.26. The third-order valence-corrected chi connectivity index (χ3v) is 3.97. The van der Waals surface area contributed by atoms with Crippen molar-refractivity contribution < 1.29 is 0 Å². The Labute approximate surface area is 116 Å². The van der Waals surface area contributed by atoms with Crippen LogP contribution in [0.5, 0.6) is 0 Å². The second-order valence-electron chi connectivity index (χ2n) is 5.55. The van der Waals surface area contributed by atoms with Crippen LogP contribution in [-0.2, 0) is 19.4 Å². The van der Waals surface area contributed by atoms with Gasteiger partial charge in [-0.25, -0.2) is 0 Å². The summed E-state index contributed by atoms with van der Waals surface area (Å²) in [6.45, 7) is 6.26. The van der Waals surface area contributed by atoms with Crippen LogP contribution >= 0.6 is 0 Å². The molecule has 2 rings (SSSR count). The molecule has 1 N–H and O–H groups in total. The molecule has 1 atom stereocenters. The topological polar surface area (TPSA) is 34.0 Å². The van der Waals surface area contributed by atoms with Crippen LogP contribution in [0.25, 0.3) is 0 Å². The molecule has 3 heteroatoms. The first-order valence-electron chi connectivity index (χ1n) is 7.71. The zero-order valence-corrected chi connectivity index (χ0v) is 12.2. The summed E-state index contributed by atoms with van der Waals surface area (Å²) in [6, 6.07) is 4.19. The zero-order chi connectivity index (χ0) is 13.7. The van der Waals surface area contributed by atoms with Crippen molar-refractivity contribution in [1.82, 2.24) is 9.88 Å². The predicted molar refractivity (Wildman–Crippen MR) is 79.7 cm³/mol. The van der Waals surface area contributed by atoms with Crippen molar-refractivity contribution in [2.24, 2.45) is 0 Å². The molecule has 0 spiro atoms.